The maximum Gasteiger partial charge on any atom is 0.317 e. The predicted molar refractivity (Wildman–Crippen MR) is 107 cm³/mol. The van der Waals surface area contributed by atoms with E-state index < -0.39 is 6.04 Å². The van der Waals surface area contributed by atoms with Gasteiger partial charge in [0, 0.05) is 32.7 Å². The molecule has 1 N–H and O–H groups in total. The Morgan fingerprint density at radius 2 is 1.89 bits per heavy atom. The van der Waals surface area contributed by atoms with Crippen molar-refractivity contribution in [2.24, 2.45) is 5.92 Å². The minimum atomic E-state index is -0.442. The molecule has 28 heavy (non-hydrogen) atoms. The monoisotopic (exact) mass is 386 g/mol. The summed E-state index contributed by atoms with van der Waals surface area (Å²) < 4.78 is 0. The first-order valence-electron chi connectivity index (χ1n) is 10.1. The largest absolute Gasteiger partial charge is 0.338 e. The first-order valence-corrected chi connectivity index (χ1v) is 10.1. The van der Waals surface area contributed by atoms with E-state index in [1.54, 1.807) is 14.7 Å². The molecule has 2 fully saturated rings. The lowest BCUT2D eigenvalue weighted by atomic mass is 10.1. The summed E-state index contributed by atoms with van der Waals surface area (Å²) in [6, 6.07) is 9.44. The minimum absolute atomic E-state index is 0.0136. The SMILES string of the molecule is CC(C)CN1CC(=O)N2CCN(C(=O)NCCc3ccccc3)CCC2C1=O. The highest BCUT2D eigenvalue weighted by molar-refractivity contribution is 5.95. The van der Waals surface area contributed by atoms with Crippen LogP contribution in [0.3, 0.4) is 0 Å². The van der Waals surface area contributed by atoms with Crippen LogP contribution in [0.5, 0.6) is 0 Å². The van der Waals surface area contributed by atoms with Crippen LogP contribution in [-0.4, -0.2) is 77.9 Å². The summed E-state index contributed by atoms with van der Waals surface area (Å²) in [5.41, 5.74) is 1.18. The molecule has 1 aromatic carbocycles. The zero-order valence-electron chi connectivity index (χ0n) is 16.8. The lowest BCUT2D eigenvalue weighted by Crippen LogP contribution is -2.60. The third kappa shape index (κ3) is 4.82. The molecule has 3 rings (SSSR count). The summed E-state index contributed by atoms with van der Waals surface area (Å²) in [7, 11) is 0. The Balaban J connectivity index is 1.54. The number of hydrogen-bond acceptors (Lipinski definition) is 3. The van der Waals surface area contributed by atoms with E-state index in [0.29, 0.717) is 45.1 Å². The molecule has 0 aromatic heterocycles. The number of fused-ring (bicyclic) bond motifs is 1. The Bertz CT molecular complexity index is 707. The van der Waals surface area contributed by atoms with Gasteiger partial charge < -0.3 is 20.0 Å². The summed E-state index contributed by atoms with van der Waals surface area (Å²) >= 11 is 0. The van der Waals surface area contributed by atoms with E-state index in [1.807, 2.05) is 44.2 Å². The van der Waals surface area contributed by atoms with Gasteiger partial charge in [0.1, 0.15) is 6.04 Å². The number of hydrogen-bond donors (Lipinski definition) is 1. The fraction of sp³-hybridized carbons (Fsp3) is 0.571. The summed E-state index contributed by atoms with van der Waals surface area (Å²) in [5, 5.41) is 2.96. The maximum absolute atomic E-state index is 12.8. The molecule has 0 saturated carbocycles. The van der Waals surface area contributed by atoms with Crippen LogP contribution in [-0.2, 0) is 16.0 Å². The molecule has 1 unspecified atom stereocenters. The van der Waals surface area contributed by atoms with Gasteiger partial charge in [-0.25, -0.2) is 4.79 Å². The van der Waals surface area contributed by atoms with Gasteiger partial charge in [0.05, 0.1) is 6.54 Å². The van der Waals surface area contributed by atoms with Gasteiger partial charge in [0.15, 0.2) is 0 Å². The van der Waals surface area contributed by atoms with Gasteiger partial charge in [-0.15, -0.1) is 0 Å². The number of amides is 4. The Morgan fingerprint density at radius 3 is 2.61 bits per heavy atom. The summed E-state index contributed by atoms with van der Waals surface area (Å²) in [6.07, 6.45) is 1.27. The van der Waals surface area contributed by atoms with E-state index in [-0.39, 0.29) is 24.4 Å². The van der Waals surface area contributed by atoms with Crippen LogP contribution in [0.15, 0.2) is 30.3 Å². The molecule has 2 saturated heterocycles. The van der Waals surface area contributed by atoms with Crippen LogP contribution >= 0.6 is 0 Å². The van der Waals surface area contributed by atoms with Gasteiger partial charge in [-0.3, -0.25) is 9.59 Å². The highest BCUT2D eigenvalue weighted by Gasteiger charge is 2.41. The van der Waals surface area contributed by atoms with Crippen LogP contribution in [0, 0.1) is 5.92 Å². The molecule has 7 nitrogen and oxygen atoms in total. The summed E-state index contributed by atoms with van der Waals surface area (Å²) in [5.74, 6) is 0.317. The second-order valence-corrected chi connectivity index (χ2v) is 7.96. The Kier molecular flexibility index (Phi) is 6.54. The molecule has 0 spiro atoms. The third-order valence-electron chi connectivity index (χ3n) is 5.31. The van der Waals surface area contributed by atoms with Gasteiger partial charge in [-0.2, -0.15) is 0 Å². The number of urea groups is 1. The molecule has 4 amide bonds. The number of benzene rings is 1. The number of piperazine rings is 1. The molecule has 2 heterocycles. The minimum Gasteiger partial charge on any atom is -0.338 e. The van der Waals surface area contributed by atoms with E-state index in [2.05, 4.69) is 5.32 Å². The van der Waals surface area contributed by atoms with Crippen LogP contribution in [0.2, 0.25) is 0 Å². The van der Waals surface area contributed by atoms with Crippen molar-refractivity contribution in [1.82, 2.24) is 20.0 Å². The molecular weight excluding hydrogens is 356 g/mol. The molecule has 1 atom stereocenters. The highest BCUT2D eigenvalue weighted by atomic mass is 16.2. The van der Waals surface area contributed by atoms with Crippen molar-refractivity contribution < 1.29 is 14.4 Å². The van der Waals surface area contributed by atoms with Crippen molar-refractivity contribution >= 4 is 17.8 Å². The Labute approximate surface area is 166 Å². The third-order valence-corrected chi connectivity index (χ3v) is 5.31. The van der Waals surface area contributed by atoms with Gasteiger partial charge >= 0.3 is 6.03 Å². The van der Waals surface area contributed by atoms with Crippen LogP contribution in [0.1, 0.15) is 25.8 Å². The number of rotatable bonds is 5. The average Bonchev–Trinajstić information content (AvgIpc) is 2.90. The summed E-state index contributed by atoms with van der Waals surface area (Å²) in [4.78, 5) is 42.9. The van der Waals surface area contributed by atoms with Crippen molar-refractivity contribution in [3.8, 4) is 0 Å². The maximum atomic E-state index is 12.8. The van der Waals surface area contributed by atoms with Crippen molar-refractivity contribution in [2.75, 3.05) is 39.3 Å². The van der Waals surface area contributed by atoms with Gasteiger partial charge in [0.25, 0.3) is 0 Å². The molecule has 7 heteroatoms. The lowest BCUT2D eigenvalue weighted by Gasteiger charge is -2.39. The average molecular weight is 386 g/mol. The number of carbonyl (C=O) groups excluding carboxylic acids is 3. The molecular formula is C21H30N4O3. The molecule has 2 aliphatic rings. The van der Waals surface area contributed by atoms with Crippen molar-refractivity contribution in [2.45, 2.75) is 32.7 Å². The normalized spacial score (nSPS) is 20.2. The zero-order chi connectivity index (χ0) is 20.1. The first-order chi connectivity index (χ1) is 13.5. The quantitative estimate of drug-likeness (QED) is 0.830. The molecule has 0 bridgehead atoms. The van der Waals surface area contributed by atoms with E-state index >= 15 is 0 Å². The smallest absolute Gasteiger partial charge is 0.317 e. The standard InChI is InChI=1S/C21H30N4O3/c1-16(2)14-24-15-19(26)25-13-12-23(11-9-18(25)20(24)27)21(28)22-10-8-17-6-4-3-5-7-17/h3-7,16,18H,8-15H2,1-2H3,(H,22,28). The molecule has 152 valence electrons. The van der Waals surface area contributed by atoms with E-state index in [9.17, 15) is 14.4 Å². The van der Waals surface area contributed by atoms with E-state index in [1.165, 1.54) is 5.56 Å². The molecule has 0 aliphatic carbocycles. The number of nitrogens with zero attached hydrogens (tertiary/aromatic N) is 3. The number of nitrogens with one attached hydrogen (secondary N) is 1. The Morgan fingerprint density at radius 1 is 1.14 bits per heavy atom. The second kappa shape index (κ2) is 9.08. The molecule has 2 aliphatic heterocycles. The van der Waals surface area contributed by atoms with Crippen molar-refractivity contribution in [3.05, 3.63) is 35.9 Å². The second-order valence-electron chi connectivity index (χ2n) is 7.96. The fourth-order valence-electron chi connectivity index (χ4n) is 3.90. The Hall–Kier alpha value is -2.57. The van der Waals surface area contributed by atoms with Crippen LogP contribution in [0.25, 0.3) is 0 Å². The van der Waals surface area contributed by atoms with Gasteiger partial charge in [-0.05, 0) is 24.3 Å². The highest BCUT2D eigenvalue weighted by Crippen LogP contribution is 2.20. The van der Waals surface area contributed by atoms with Crippen molar-refractivity contribution in [1.29, 1.82) is 0 Å². The van der Waals surface area contributed by atoms with Crippen LogP contribution < -0.4 is 5.32 Å². The van der Waals surface area contributed by atoms with Gasteiger partial charge in [-0.1, -0.05) is 44.2 Å². The topological polar surface area (TPSA) is 73.0 Å². The van der Waals surface area contributed by atoms with E-state index in [4.69, 9.17) is 0 Å². The number of carbonyl (C=O) groups is 3. The van der Waals surface area contributed by atoms with Crippen LogP contribution in [0.4, 0.5) is 4.79 Å². The van der Waals surface area contributed by atoms with Gasteiger partial charge in [0.2, 0.25) is 11.8 Å². The molecule has 0 radical (unpaired) electrons. The summed E-state index contributed by atoms with van der Waals surface area (Å²) in [6.45, 7) is 6.74. The lowest BCUT2D eigenvalue weighted by molar-refractivity contribution is -0.156. The van der Waals surface area contributed by atoms with E-state index in [0.717, 1.165) is 6.42 Å². The first kappa shape index (κ1) is 20.2. The predicted octanol–water partition coefficient (Wildman–Crippen LogP) is 1.34. The zero-order valence-corrected chi connectivity index (χ0v) is 16.8. The molecule has 1 aromatic rings. The fourth-order valence-corrected chi connectivity index (χ4v) is 3.90. The van der Waals surface area contributed by atoms with Crippen molar-refractivity contribution in [3.63, 3.8) is 0 Å².